The first-order valence-corrected chi connectivity index (χ1v) is 15.4. The van der Waals surface area contributed by atoms with Gasteiger partial charge in [-0.1, -0.05) is 75.2 Å². The number of aryl methyl sites for hydroxylation is 1. The van der Waals surface area contributed by atoms with Crippen LogP contribution in [0.2, 0.25) is 0 Å². The average molecular weight is 582 g/mol. The highest BCUT2D eigenvalue weighted by atomic mass is 32.2. The molecule has 220 valence electrons. The molecule has 0 aliphatic heterocycles. The van der Waals surface area contributed by atoms with E-state index in [1.165, 1.54) is 23.1 Å². The van der Waals surface area contributed by atoms with E-state index in [0.29, 0.717) is 12.2 Å². The molecular formula is C32H40FN3O4S. The first-order valence-electron chi connectivity index (χ1n) is 14.0. The van der Waals surface area contributed by atoms with Gasteiger partial charge in [0.25, 0.3) is 10.0 Å². The number of sulfonamides is 1. The van der Waals surface area contributed by atoms with Crippen LogP contribution in [0, 0.1) is 12.7 Å². The van der Waals surface area contributed by atoms with Gasteiger partial charge in [-0.05, 0) is 62.1 Å². The number of unbranched alkanes of at least 4 members (excludes halogenated alkanes) is 1. The van der Waals surface area contributed by atoms with Crippen molar-refractivity contribution in [3.05, 3.63) is 95.3 Å². The molecule has 7 nitrogen and oxygen atoms in total. The Morgan fingerprint density at radius 2 is 1.56 bits per heavy atom. The van der Waals surface area contributed by atoms with Crippen LogP contribution in [-0.4, -0.2) is 44.3 Å². The number of carbonyl (C=O) groups is 2. The Morgan fingerprint density at radius 1 is 0.927 bits per heavy atom. The number of amides is 2. The first kappa shape index (κ1) is 31.8. The van der Waals surface area contributed by atoms with Gasteiger partial charge < -0.3 is 10.2 Å². The lowest BCUT2D eigenvalue weighted by Gasteiger charge is -2.32. The second kappa shape index (κ2) is 14.3. The maximum atomic E-state index is 14.7. The van der Waals surface area contributed by atoms with E-state index in [1.54, 1.807) is 49.4 Å². The smallest absolute Gasteiger partial charge is 0.264 e. The third kappa shape index (κ3) is 8.16. The Labute approximate surface area is 243 Å². The molecule has 0 saturated carbocycles. The summed E-state index contributed by atoms with van der Waals surface area (Å²) in [4.78, 5) is 28.2. The molecule has 3 rings (SSSR count). The minimum Gasteiger partial charge on any atom is -0.354 e. The van der Waals surface area contributed by atoms with Gasteiger partial charge in [-0.3, -0.25) is 13.9 Å². The molecule has 3 aromatic carbocycles. The number of carbonyl (C=O) groups excluding carboxylic acids is 2. The van der Waals surface area contributed by atoms with E-state index < -0.39 is 40.2 Å². The number of anilines is 1. The van der Waals surface area contributed by atoms with Crippen molar-refractivity contribution in [2.45, 2.75) is 70.9 Å². The van der Waals surface area contributed by atoms with Crippen molar-refractivity contribution < 1.29 is 22.4 Å². The van der Waals surface area contributed by atoms with Gasteiger partial charge in [0.05, 0.1) is 10.6 Å². The summed E-state index contributed by atoms with van der Waals surface area (Å²) in [6.07, 6.45) is 1.66. The van der Waals surface area contributed by atoms with Crippen molar-refractivity contribution in [1.82, 2.24) is 10.2 Å². The van der Waals surface area contributed by atoms with Crippen LogP contribution in [-0.2, 0) is 26.2 Å². The molecular weight excluding hydrogens is 541 g/mol. The summed E-state index contributed by atoms with van der Waals surface area (Å²) < 4.78 is 43.6. The Bertz CT molecular complexity index is 1420. The van der Waals surface area contributed by atoms with Crippen LogP contribution >= 0.6 is 0 Å². The Kier molecular flexibility index (Phi) is 11.1. The van der Waals surface area contributed by atoms with Crippen molar-refractivity contribution in [2.24, 2.45) is 0 Å². The molecule has 41 heavy (non-hydrogen) atoms. The normalized spacial score (nSPS) is 12.2. The highest BCUT2D eigenvalue weighted by Gasteiger charge is 2.32. The lowest BCUT2D eigenvalue weighted by Crippen LogP contribution is -2.51. The molecule has 0 radical (unpaired) electrons. The van der Waals surface area contributed by atoms with Gasteiger partial charge in [0, 0.05) is 18.7 Å². The number of hydrogen-bond acceptors (Lipinski definition) is 4. The predicted octanol–water partition coefficient (Wildman–Crippen LogP) is 5.79. The number of rotatable bonds is 13. The van der Waals surface area contributed by atoms with Gasteiger partial charge in [0.1, 0.15) is 18.4 Å². The molecule has 2 amide bonds. The van der Waals surface area contributed by atoms with Gasteiger partial charge in [-0.15, -0.1) is 0 Å². The molecule has 0 spiro atoms. The Balaban J connectivity index is 2.03. The molecule has 1 N–H and O–H groups in total. The molecule has 0 bridgehead atoms. The summed E-state index contributed by atoms with van der Waals surface area (Å²) in [5.74, 6) is -1.30. The zero-order valence-electron chi connectivity index (χ0n) is 24.4. The molecule has 0 aromatic heterocycles. The number of nitrogens with one attached hydrogen (secondary N) is 1. The van der Waals surface area contributed by atoms with Crippen LogP contribution in [0.4, 0.5) is 10.1 Å². The first-order chi connectivity index (χ1) is 19.4. The number of benzene rings is 3. The van der Waals surface area contributed by atoms with E-state index in [-0.39, 0.29) is 22.9 Å². The zero-order chi connectivity index (χ0) is 30.2. The molecule has 0 fully saturated rings. The third-order valence-electron chi connectivity index (χ3n) is 7.03. The third-order valence-corrected chi connectivity index (χ3v) is 8.82. The van der Waals surface area contributed by atoms with E-state index in [1.807, 2.05) is 39.8 Å². The monoisotopic (exact) mass is 581 g/mol. The molecule has 0 unspecified atom stereocenters. The van der Waals surface area contributed by atoms with E-state index >= 15 is 0 Å². The topological polar surface area (TPSA) is 86.8 Å². The molecule has 0 heterocycles. The van der Waals surface area contributed by atoms with E-state index in [0.717, 1.165) is 28.3 Å². The summed E-state index contributed by atoms with van der Waals surface area (Å²) in [7, 11) is -4.17. The van der Waals surface area contributed by atoms with Crippen molar-refractivity contribution >= 4 is 27.5 Å². The maximum absolute atomic E-state index is 14.7. The van der Waals surface area contributed by atoms with E-state index in [4.69, 9.17) is 0 Å². The minimum absolute atomic E-state index is 0.0369. The van der Waals surface area contributed by atoms with Gasteiger partial charge in [-0.2, -0.15) is 0 Å². The van der Waals surface area contributed by atoms with Gasteiger partial charge in [0.15, 0.2) is 0 Å². The molecule has 1 atom stereocenters. The average Bonchev–Trinajstić information content (AvgIpc) is 2.95. The standard InChI is InChI=1S/C32H40FN3O4S/c1-6-7-20-34-32(38)25(5)35(21-27-10-8-9-11-30(27)33)31(37)22-36(28-16-14-26(15-17-28)23(2)3)41(39,40)29-18-12-24(4)13-19-29/h8-19,23,25H,6-7,20-22H2,1-5H3,(H,34,38)/t25-/m1/s1. The van der Waals surface area contributed by atoms with Crippen LogP contribution in [0.3, 0.4) is 0 Å². The fourth-order valence-electron chi connectivity index (χ4n) is 4.32. The highest BCUT2D eigenvalue weighted by Crippen LogP contribution is 2.27. The second-order valence-electron chi connectivity index (χ2n) is 10.5. The largest absolute Gasteiger partial charge is 0.354 e. The Hall–Kier alpha value is -3.72. The van der Waals surface area contributed by atoms with E-state index in [9.17, 15) is 22.4 Å². The Morgan fingerprint density at radius 3 is 2.15 bits per heavy atom. The van der Waals surface area contributed by atoms with Crippen molar-refractivity contribution in [3.63, 3.8) is 0 Å². The number of halogens is 1. The minimum atomic E-state index is -4.17. The van der Waals surface area contributed by atoms with Crippen LogP contribution in [0.15, 0.2) is 77.7 Å². The summed E-state index contributed by atoms with van der Waals surface area (Å²) in [6.45, 7) is 9.17. The lowest BCUT2D eigenvalue weighted by atomic mass is 10.0. The maximum Gasteiger partial charge on any atom is 0.264 e. The van der Waals surface area contributed by atoms with Crippen LogP contribution in [0.1, 0.15) is 63.1 Å². The SMILES string of the molecule is CCCCNC(=O)[C@@H](C)N(Cc1ccccc1F)C(=O)CN(c1ccc(C(C)C)cc1)S(=O)(=O)c1ccc(C)cc1. The van der Waals surface area contributed by atoms with Gasteiger partial charge in [0.2, 0.25) is 11.8 Å². The fraction of sp³-hybridized carbons (Fsp3) is 0.375. The highest BCUT2D eigenvalue weighted by molar-refractivity contribution is 7.92. The molecule has 3 aromatic rings. The van der Waals surface area contributed by atoms with Crippen LogP contribution < -0.4 is 9.62 Å². The molecule has 0 aliphatic carbocycles. The van der Waals surface area contributed by atoms with Crippen molar-refractivity contribution in [1.29, 1.82) is 0 Å². The lowest BCUT2D eigenvalue weighted by molar-refractivity contribution is -0.139. The molecule has 0 aliphatic rings. The summed E-state index contributed by atoms with van der Waals surface area (Å²) in [6, 6.07) is 18.5. The second-order valence-corrected chi connectivity index (χ2v) is 12.4. The van der Waals surface area contributed by atoms with E-state index in [2.05, 4.69) is 5.32 Å². The predicted molar refractivity (Wildman–Crippen MR) is 161 cm³/mol. The molecule has 9 heteroatoms. The van der Waals surface area contributed by atoms with Gasteiger partial charge >= 0.3 is 0 Å². The van der Waals surface area contributed by atoms with Gasteiger partial charge in [-0.25, -0.2) is 12.8 Å². The summed E-state index contributed by atoms with van der Waals surface area (Å²) >= 11 is 0. The van der Waals surface area contributed by atoms with Crippen LogP contribution in [0.25, 0.3) is 0 Å². The van der Waals surface area contributed by atoms with Crippen LogP contribution in [0.5, 0.6) is 0 Å². The van der Waals surface area contributed by atoms with Crippen molar-refractivity contribution in [3.8, 4) is 0 Å². The quantitative estimate of drug-likeness (QED) is 0.259. The zero-order valence-corrected chi connectivity index (χ0v) is 25.2. The number of nitrogens with zero attached hydrogens (tertiary/aromatic N) is 2. The number of hydrogen-bond donors (Lipinski definition) is 1. The van der Waals surface area contributed by atoms with Crippen molar-refractivity contribution in [2.75, 3.05) is 17.4 Å². The molecule has 0 saturated heterocycles. The fourth-order valence-corrected chi connectivity index (χ4v) is 5.73. The summed E-state index contributed by atoms with van der Waals surface area (Å²) in [5.41, 5.74) is 2.45. The summed E-state index contributed by atoms with van der Waals surface area (Å²) in [5, 5.41) is 2.82.